The van der Waals surface area contributed by atoms with E-state index in [4.69, 9.17) is 4.74 Å². The molecular formula is C15H18N2O3. The number of rotatable bonds is 3. The number of fused-ring (bicyclic) bond motifs is 1. The second-order valence-electron chi connectivity index (χ2n) is 5.27. The zero-order valence-corrected chi connectivity index (χ0v) is 11.2. The van der Waals surface area contributed by atoms with E-state index in [-0.39, 0.29) is 24.3 Å². The molecule has 0 bridgehead atoms. The van der Waals surface area contributed by atoms with Crippen molar-refractivity contribution in [2.45, 2.75) is 31.3 Å². The molecule has 106 valence electrons. The Hall–Kier alpha value is -1.88. The molecule has 0 aliphatic carbocycles. The maximum Gasteiger partial charge on any atom is 0.228 e. The van der Waals surface area contributed by atoms with E-state index < -0.39 is 5.92 Å². The lowest BCUT2D eigenvalue weighted by Crippen LogP contribution is -2.38. The standard InChI is InChI=1S/C15H18N2O3/c18-14-8-12(11-5-1-2-6-13(11)17-14)15(19)16-9-10-4-3-7-20-10/h1-2,5-6,10,12H,3-4,7-9H2,(H,16,19)(H,17,18)/t10-,12-/m1/s1. The highest BCUT2D eigenvalue weighted by Crippen LogP contribution is 2.31. The number of para-hydroxylation sites is 1. The molecule has 2 aliphatic rings. The monoisotopic (exact) mass is 274 g/mol. The van der Waals surface area contributed by atoms with Crippen LogP contribution in [0.3, 0.4) is 0 Å². The molecule has 2 heterocycles. The van der Waals surface area contributed by atoms with E-state index >= 15 is 0 Å². The van der Waals surface area contributed by atoms with Gasteiger partial charge in [-0.15, -0.1) is 0 Å². The van der Waals surface area contributed by atoms with Crippen molar-refractivity contribution in [2.75, 3.05) is 18.5 Å². The summed E-state index contributed by atoms with van der Waals surface area (Å²) in [6.07, 6.45) is 2.36. The van der Waals surface area contributed by atoms with Gasteiger partial charge in [-0.25, -0.2) is 0 Å². The molecule has 0 spiro atoms. The van der Waals surface area contributed by atoms with Gasteiger partial charge >= 0.3 is 0 Å². The maximum atomic E-state index is 12.3. The minimum absolute atomic E-state index is 0.0946. The first kappa shape index (κ1) is 13.1. The van der Waals surface area contributed by atoms with Crippen LogP contribution in [0, 0.1) is 0 Å². The molecule has 1 aromatic rings. The third-order valence-corrected chi connectivity index (χ3v) is 3.84. The Balaban J connectivity index is 1.69. The lowest BCUT2D eigenvalue weighted by Gasteiger charge is -2.25. The predicted octanol–water partition coefficient (Wildman–Crippen LogP) is 1.41. The van der Waals surface area contributed by atoms with Crippen molar-refractivity contribution < 1.29 is 14.3 Å². The van der Waals surface area contributed by atoms with Crippen molar-refractivity contribution in [1.29, 1.82) is 0 Å². The number of carbonyl (C=O) groups excluding carboxylic acids is 2. The van der Waals surface area contributed by atoms with Crippen molar-refractivity contribution in [3.05, 3.63) is 29.8 Å². The fourth-order valence-corrected chi connectivity index (χ4v) is 2.79. The molecule has 2 atom stereocenters. The first-order valence-corrected chi connectivity index (χ1v) is 7.02. The molecule has 0 aromatic heterocycles. The van der Waals surface area contributed by atoms with Gasteiger partial charge in [0.05, 0.1) is 12.0 Å². The van der Waals surface area contributed by atoms with Crippen LogP contribution < -0.4 is 10.6 Å². The number of hydrogen-bond donors (Lipinski definition) is 2. The SMILES string of the molecule is O=C1C[C@@H](C(=O)NC[C@H]2CCCO2)c2ccccc2N1. The molecule has 0 radical (unpaired) electrons. The lowest BCUT2D eigenvalue weighted by atomic mass is 9.90. The number of ether oxygens (including phenoxy) is 1. The van der Waals surface area contributed by atoms with Gasteiger partial charge in [0.2, 0.25) is 11.8 Å². The number of benzene rings is 1. The molecule has 5 heteroatoms. The highest BCUT2D eigenvalue weighted by Gasteiger charge is 2.30. The molecule has 2 N–H and O–H groups in total. The average Bonchev–Trinajstić information content (AvgIpc) is 2.97. The molecule has 20 heavy (non-hydrogen) atoms. The molecule has 2 aliphatic heterocycles. The molecule has 5 nitrogen and oxygen atoms in total. The van der Waals surface area contributed by atoms with Crippen molar-refractivity contribution in [2.24, 2.45) is 0 Å². The molecule has 1 aromatic carbocycles. The predicted molar refractivity (Wildman–Crippen MR) is 74.4 cm³/mol. The molecular weight excluding hydrogens is 256 g/mol. The van der Waals surface area contributed by atoms with E-state index in [1.54, 1.807) is 0 Å². The highest BCUT2D eigenvalue weighted by molar-refractivity contribution is 6.01. The minimum Gasteiger partial charge on any atom is -0.376 e. The van der Waals surface area contributed by atoms with Crippen LogP contribution in [0.1, 0.15) is 30.7 Å². The van der Waals surface area contributed by atoms with Gasteiger partial charge in [-0.3, -0.25) is 9.59 Å². The second kappa shape index (κ2) is 5.63. The molecule has 1 fully saturated rings. The van der Waals surface area contributed by atoms with Crippen LogP contribution in [-0.2, 0) is 14.3 Å². The third kappa shape index (κ3) is 2.67. The Morgan fingerprint density at radius 2 is 2.25 bits per heavy atom. The molecule has 0 saturated carbocycles. The average molecular weight is 274 g/mol. The summed E-state index contributed by atoms with van der Waals surface area (Å²) in [6.45, 7) is 1.30. The van der Waals surface area contributed by atoms with Gasteiger partial charge in [0.15, 0.2) is 0 Å². The molecule has 3 rings (SSSR count). The summed E-state index contributed by atoms with van der Waals surface area (Å²) >= 11 is 0. The summed E-state index contributed by atoms with van der Waals surface area (Å²) in [6, 6.07) is 7.46. The fraction of sp³-hybridized carbons (Fsp3) is 0.467. The lowest BCUT2D eigenvalue weighted by molar-refractivity contribution is -0.126. The Bertz CT molecular complexity index is 524. The highest BCUT2D eigenvalue weighted by atomic mass is 16.5. The van der Waals surface area contributed by atoms with E-state index in [1.165, 1.54) is 0 Å². The summed E-state index contributed by atoms with van der Waals surface area (Å²) in [5, 5.41) is 5.71. The third-order valence-electron chi connectivity index (χ3n) is 3.84. The first-order valence-electron chi connectivity index (χ1n) is 7.02. The summed E-state index contributed by atoms with van der Waals surface area (Å²) in [5.41, 5.74) is 1.62. The van der Waals surface area contributed by atoms with Gasteiger partial charge in [0, 0.05) is 25.3 Å². The van der Waals surface area contributed by atoms with Gasteiger partial charge < -0.3 is 15.4 Å². The number of hydrogen-bond acceptors (Lipinski definition) is 3. The normalized spacial score (nSPS) is 24.9. The van der Waals surface area contributed by atoms with E-state index in [0.29, 0.717) is 6.54 Å². The summed E-state index contributed by atoms with van der Waals surface area (Å²) < 4.78 is 5.49. The van der Waals surface area contributed by atoms with Gasteiger partial charge in [0.1, 0.15) is 0 Å². The number of anilines is 1. The summed E-state index contributed by atoms with van der Waals surface area (Å²) in [7, 11) is 0. The van der Waals surface area contributed by atoms with E-state index in [2.05, 4.69) is 10.6 Å². The van der Waals surface area contributed by atoms with Crippen LogP contribution in [0.15, 0.2) is 24.3 Å². The number of amides is 2. The van der Waals surface area contributed by atoms with Gasteiger partial charge in [-0.05, 0) is 24.5 Å². The van der Waals surface area contributed by atoms with Crippen LogP contribution in [0.25, 0.3) is 0 Å². The van der Waals surface area contributed by atoms with Crippen LogP contribution in [0.5, 0.6) is 0 Å². The topological polar surface area (TPSA) is 67.4 Å². The molecule has 1 saturated heterocycles. The van der Waals surface area contributed by atoms with Crippen LogP contribution >= 0.6 is 0 Å². The number of nitrogens with one attached hydrogen (secondary N) is 2. The van der Waals surface area contributed by atoms with Crippen molar-refractivity contribution in [3.8, 4) is 0 Å². The summed E-state index contributed by atoms with van der Waals surface area (Å²) in [4.78, 5) is 24.0. The van der Waals surface area contributed by atoms with Gasteiger partial charge in [0.25, 0.3) is 0 Å². The second-order valence-corrected chi connectivity index (χ2v) is 5.27. The van der Waals surface area contributed by atoms with E-state index in [0.717, 1.165) is 30.7 Å². The van der Waals surface area contributed by atoms with E-state index in [9.17, 15) is 9.59 Å². The van der Waals surface area contributed by atoms with Gasteiger partial charge in [-0.2, -0.15) is 0 Å². The zero-order chi connectivity index (χ0) is 13.9. The van der Waals surface area contributed by atoms with Crippen LogP contribution in [0.2, 0.25) is 0 Å². The molecule has 0 unspecified atom stereocenters. The fourth-order valence-electron chi connectivity index (χ4n) is 2.79. The van der Waals surface area contributed by atoms with Crippen molar-refractivity contribution in [1.82, 2.24) is 5.32 Å². The van der Waals surface area contributed by atoms with Gasteiger partial charge in [-0.1, -0.05) is 18.2 Å². The smallest absolute Gasteiger partial charge is 0.228 e. The number of carbonyl (C=O) groups is 2. The Morgan fingerprint density at radius 1 is 1.40 bits per heavy atom. The van der Waals surface area contributed by atoms with E-state index in [1.807, 2.05) is 24.3 Å². The van der Waals surface area contributed by atoms with Crippen LogP contribution in [0.4, 0.5) is 5.69 Å². The van der Waals surface area contributed by atoms with Crippen molar-refractivity contribution in [3.63, 3.8) is 0 Å². The minimum atomic E-state index is -0.402. The zero-order valence-electron chi connectivity index (χ0n) is 11.2. The Morgan fingerprint density at radius 3 is 3.05 bits per heavy atom. The Kier molecular flexibility index (Phi) is 3.69. The summed E-state index contributed by atoms with van der Waals surface area (Å²) in [5.74, 6) is -0.606. The maximum absolute atomic E-state index is 12.3. The Labute approximate surface area is 117 Å². The quantitative estimate of drug-likeness (QED) is 0.875. The van der Waals surface area contributed by atoms with Crippen molar-refractivity contribution >= 4 is 17.5 Å². The van der Waals surface area contributed by atoms with Crippen LogP contribution in [-0.4, -0.2) is 31.1 Å². The molecule has 2 amide bonds. The largest absolute Gasteiger partial charge is 0.376 e. The first-order chi connectivity index (χ1) is 9.74.